The molecule has 3 aliphatic rings. The number of aliphatic hydroxyl groups is 6. The first kappa shape index (κ1) is 30.2. The number of carbonyl (C=O) groups is 1. The molecular formula is C27H32O15. The monoisotopic (exact) mass is 596 g/mol. The van der Waals surface area contributed by atoms with Crippen molar-refractivity contribution in [2.24, 2.45) is 0 Å². The summed E-state index contributed by atoms with van der Waals surface area (Å²) in [7, 11) is 0. The molecule has 2 aromatic carbocycles. The smallest absolute Gasteiger partial charge is 0.229 e. The van der Waals surface area contributed by atoms with Gasteiger partial charge in [0.1, 0.15) is 71.6 Å². The molecule has 3 heterocycles. The van der Waals surface area contributed by atoms with Crippen molar-refractivity contribution in [3.05, 3.63) is 41.5 Å². The van der Waals surface area contributed by atoms with Crippen LogP contribution in [-0.4, -0.2) is 120 Å². The van der Waals surface area contributed by atoms with Crippen molar-refractivity contribution < 1.29 is 74.4 Å². The number of Topliss-reactive ketones (excluding diaryl/α,β-unsaturated/α-hetero) is 1. The molecule has 0 bridgehead atoms. The molecule has 0 radical (unpaired) electrons. The summed E-state index contributed by atoms with van der Waals surface area (Å²) in [5, 5.41) is 91.3. The maximum absolute atomic E-state index is 12.8. The Morgan fingerprint density at radius 1 is 0.786 bits per heavy atom. The largest absolute Gasteiger partial charge is 0.507 e. The molecule has 3 aliphatic heterocycles. The summed E-state index contributed by atoms with van der Waals surface area (Å²) < 4.78 is 27.9. The molecule has 2 aromatic rings. The van der Waals surface area contributed by atoms with Crippen LogP contribution in [-0.2, 0) is 14.2 Å². The molecule has 5 rings (SSSR count). The highest BCUT2D eigenvalue weighted by molar-refractivity contribution is 6.02. The molecule has 230 valence electrons. The van der Waals surface area contributed by atoms with Crippen molar-refractivity contribution in [3.8, 4) is 28.7 Å². The van der Waals surface area contributed by atoms with E-state index < -0.39 is 91.4 Å². The van der Waals surface area contributed by atoms with E-state index in [0.29, 0.717) is 5.56 Å². The highest BCUT2D eigenvalue weighted by Crippen LogP contribution is 2.43. The summed E-state index contributed by atoms with van der Waals surface area (Å²) in [6.45, 7) is 0.949. The minimum absolute atomic E-state index is 0.0807. The molecule has 11 atom stereocenters. The zero-order chi connectivity index (χ0) is 30.5. The van der Waals surface area contributed by atoms with Gasteiger partial charge >= 0.3 is 0 Å². The quantitative estimate of drug-likeness (QED) is 0.173. The Morgan fingerprint density at radius 3 is 2.19 bits per heavy atom. The first-order chi connectivity index (χ1) is 19.8. The highest BCUT2D eigenvalue weighted by Gasteiger charge is 2.47. The Labute approximate surface area is 238 Å². The number of ether oxygens (including phenoxy) is 5. The summed E-state index contributed by atoms with van der Waals surface area (Å²) in [6.07, 6.45) is -16.1. The predicted molar refractivity (Wildman–Crippen MR) is 136 cm³/mol. The summed E-state index contributed by atoms with van der Waals surface area (Å²) in [6, 6.07) is 6.26. The SMILES string of the molecule is C[C@@H]1O[C@H](OC[C@H]2O[C@@H](Oc3cc(O)c4c(c3)O[C@@H](c3ccc(O)c(O)c3)CC4=O)[C@@H](O)[C@H](O)[C@@H]2O)[C@H](O)[C@H](O)[C@H]1O. The Morgan fingerprint density at radius 2 is 1.48 bits per heavy atom. The number of fused-ring (bicyclic) bond motifs is 1. The van der Waals surface area contributed by atoms with Crippen LogP contribution in [0, 0.1) is 0 Å². The molecule has 0 amide bonds. The van der Waals surface area contributed by atoms with Crippen LogP contribution in [0.4, 0.5) is 0 Å². The van der Waals surface area contributed by atoms with Crippen LogP contribution in [0.15, 0.2) is 30.3 Å². The van der Waals surface area contributed by atoms with Crippen molar-refractivity contribution >= 4 is 5.78 Å². The fourth-order valence-electron chi connectivity index (χ4n) is 5.04. The maximum Gasteiger partial charge on any atom is 0.229 e. The average molecular weight is 597 g/mol. The summed E-state index contributed by atoms with van der Waals surface area (Å²) in [4.78, 5) is 12.8. The number of rotatable bonds is 6. The summed E-state index contributed by atoms with van der Waals surface area (Å²) in [5.74, 6) is -1.96. The molecular weight excluding hydrogens is 564 g/mol. The number of aromatic hydroxyl groups is 3. The zero-order valence-electron chi connectivity index (χ0n) is 22.1. The van der Waals surface area contributed by atoms with E-state index in [9.17, 15) is 50.8 Å². The van der Waals surface area contributed by atoms with E-state index in [1.807, 2.05) is 0 Å². The molecule has 42 heavy (non-hydrogen) atoms. The van der Waals surface area contributed by atoms with Gasteiger partial charge in [-0.05, 0) is 24.6 Å². The van der Waals surface area contributed by atoms with Gasteiger partial charge in [0.2, 0.25) is 6.29 Å². The lowest BCUT2D eigenvalue weighted by molar-refractivity contribution is -0.318. The number of phenolic OH excluding ortho intramolecular Hbond substituents is 3. The third kappa shape index (κ3) is 5.70. The Hall–Kier alpha value is -3.25. The number of benzene rings is 2. The van der Waals surface area contributed by atoms with Crippen LogP contribution in [0.25, 0.3) is 0 Å². The van der Waals surface area contributed by atoms with Gasteiger partial charge in [-0.15, -0.1) is 0 Å². The second-order valence-electron chi connectivity index (χ2n) is 10.4. The Bertz CT molecular complexity index is 1300. The topological polar surface area (TPSA) is 245 Å². The molecule has 0 aromatic heterocycles. The number of ketones is 1. The highest BCUT2D eigenvalue weighted by atomic mass is 16.7. The van der Waals surface area contributed by atoms with Gasteiger partial charge in [-0.25, -0.2) is 0 Å². The molecule has 0 unspecified atom stereocenters. The molecule has 2 fully saturated rings. The number of carbonyl (C=O) groups excluding carboxylic acids is 1. The number of hydrogen-bond acceptors (Lipinski definition) is 15. The molecule has 15 nitrogen and oxygen atoms in total. The van der Waals surface area contributed by atoms with Crippen LogP contribution in [0.1, 0.15) is 35.4 Å². The van der Waals surface area contributed by atoms with Gasteiger partial charge in [-0.2, -0.15) is 0 Å². The first-order valence-electron chi connectivity index (χ1n) is 13.1. The number of aliphatic hydroxyl groups excluding tert-OH is 6. The molecule has 2 saturated heterocycles. The standard InChI is InChI=1S/C27H32O15/c1-9-20(32)22(34)24(36)26(39-9)38-8-18-21(33)23(35)25(37)27(42-18)40-11-5-14(30)19-15(31)7-16(41-17(19)6-11)10-2-3-12(28)13(29)4-10/h2-6,9,16,18,20-30,32-37H,7-8H2,1H3/t9-,16+,18+,20-,21+,22+,23+,24+,25-,26-,27+/m0/s1. The fourth-order valence-corrected chi connectivity index (χ4v) is 5.04. The predicted octanol–water partition coefficient (Wildman–Crippen LogP) is -1.46. The lowest BCUT2D eigenvalue weighted by Gasteiger charge is -2.42. The molecule has 0 saturated carbocycles. The van der Waals surface area contributed by atoms with Gasteiger partial charge in [-0.3, -0.25) is 4.79 Å². The van der Waals surface area contributed by atoms with Gasteiger partial charge in [0.05, 0.1) is 19.1 Å². The third-order valence-electron chi connectivity index (χ3n) is 7.50. The third-order valence-corrected chi connectivity index (χ3v) is 7.50. The van der Waals surface area contributed by atoms with E-state index in [0.717, 1.165) is 6.07 Å². The van der Waals surface area contributed by atoms with Crippen LogP contribution >= 0.6 is 0 Å². The van der Waals surface area contributed by atoms with Crippen molar-refractivity contribution in [2.75, 3.05) is 6.61 Å². The Kier molecular flexibility index (Phi) is 8.48. The van der Waals surface area contributed by atoms with Crippen LogP contribution in [0.2, 0.25) is 0 Å². The zero-order valence-corrected chi connectivity index (χ0v) is 22.1. The lowest BCUT2D eigenvalue weighted by atomic mass is 9.95. The van der Waals surface area contributed by atoms with Gasteiger partial charge in [0.15, 0.2) is 23.6 Å². The van der Waals surface area contributed by atoms with Gasteiger partial charge < -0.3 is 69.6 Å². The first-order valence-corrected chi connectivity index (χ1v) is 13.1. The minimum atomic E-state index is -1.78. The Balaban J connectivity index is 1.30. The minimum Gasteiger partial charge on any atom is -0.507 e. The summed E-state index contributed by atoms with van der Waals surface area (Å²) >= 11 is 0. The lowest BCUT2D eigenvalue weighted by Crippen LogP contribution is -2.61. The molecule has 15 heteroatoms. The van der Waals surface area contributed by atoms with Gasteiger partial charge in [0, 0.05) is 12.1 Å². The van der Waals surface area contributed by atoms with E-state index in [-0.39, 0.29) is 29.2 Å². The molecule has 0 aliphatic carbocycles. The van der Waals surface area contributed by atoms with Crippen molar-refractivity contribution in [1.82, 2.24) is 0 Å². The van der Waals surface area contributed by atoms with Crippen molar-refractivity contribution in [1.29, 1.82) is 0 Å². The van der Waals surface area contributed by atoms with E-state index in [4.69, 9.17) is 23.7 Å². The van der Waals surface area contributed by atoms with Crippen molar-refractivity contribution in [3.63, 3.8) is 0 Å². The van der Waals surface area contributed by atoms with Gasteiger partial charge in [-0.1, -0.05) is 6.07 Å². The number of phenols is 3. The number of hydrogen-bond donors (Lipinski definition) is 9. The molecule has 9 N–H and O–H groups in total. The van der Waals surface area contributed by atoms with Crippen LogP contribution < -0.4 is 9.47 Å². The van der Waals surface area contributed by atoms with E-state index in [2.05, 4.69) is 0 Å². The second kappa shape index (κ2) is 11.8. The average Bonchev–Trinajstić information content (AvgIpc) is 2.95. The second-order valence-corrected chi connectivity index (χ2v) is 10.4. The van der Waals surface area contributed by atoms with Crippen LogP contribution in [0.5, 0.6) is 28.7 Å². The molecule has 0 spiro atoms. The van der Waals surface area contributed by atoms with E-state index in [1.165, 1.54) is 31.2 Å². The normalized spacial score (nSPS) is 36.6. The van der Waals surface area contributed by atoms with Gasteiger partial charge in [0.25, 0.3) is 0 Å². The maximum atomic E-state index is 12.8. The fraction of sp³-hybridized carbons (Fsp3) is 0.519. The van der Waals surface area contributed by atoms with E-state index >= 15 is 0 Å². The van der Waals surface area contributed by atoms with Crippen LogP contribution in [0.3, 0.4) is 0 Å². The summed E-state index contributed by atoms with van der Waals surface area (Å²) in [5.41, 5.74) is 0.255. The van der Waals surface area contributed by atoms with Crippen molar-refractivity contribution in [2.45, 2.75) is 80.9 Å². The van der Waals surface area contributed by atoms with E-state index in [1.54, 1.807) is 0 Å².